The van der Waals surface area contributed by atoms with Crippen molar-refractivity contribution in [1.82, 2.24) is 0 Å². The van der Waals surface area contributed by atoms with E-state index in [-0.39, 0.29) is 29.0 Å². The second kappa shape index (κ2) is 6.60. The number of carbonyl (C=O) groups is 1. The first-order valence-electron chi connectivity index (χ1n) is 6.67. The molecule has 0 aliphatic heterocycles. The van der Waals surface area contributed by atoms with Gasteiger partial charge in [-0.05, 0) is 30.7 Å². The summed E-state index contributed by atoms with van der Waals surface area (Å²) in [5, 5.41) is 9.91. The Balaban J connectivity index is 2.40. The van der Waals surface area contributed by atoms with Crippen molar-refractivity contribution in [3.8, 4) is 22.6 Å². The fraction of sp³-hybridized carbons (Fsp3) is 0.188. The van der Waals surface area contributed by atoms with Gasteiger partial charge in [0, 0.05) is 5.56 Å². The largest absolute Gasteiger partial charge is 0.573 e. The maximum atomic E-state index is 12.4. The number of para-hydroxylation sites is 1. The Hall–Kier alpha value is -2.70. The Bertz CT molecular complexity index is 711. The van der Waals surface area contributed by atoms with Gasteiger partial charge in [-0.2, -0.15) is 0 Å². The van der Waals surface area contributed by atoms with Crippen LogP contribution in [0.3, 0.4) is 0 Å². The molecule has 0 bridgehead atoms. The molecular weight excluding hydrogens is 313 g/mol. The molecular formula is C16H13F3O4. The molecule has 0 spiro atoms. The molecule has 0 saturated carbocycles. The molecule has 4 nitrogen and oxygen atoms in total. The number of hydrogen-bond donors (Lipinski definition) is 1. The molecule has 2 aromatic carbocycles. The standard InChI is InChI=1S/C16H13F3O4/c1-2-22-15(21)12-8-7-10(9-13(12)20)11-5-3-4-6-14(11)23-16(17,18)19/h3-9,20H,2H2,1H3. The lowest BCUT2D eigenvalue weighted by atomic mass is 10.0. The van der Waals surface area contributed by atoms with Gasteiger partial charge >= 0.3 is 12.3 Å². The molecule has 0 radical (unpaired) electrons. The Kier molecular flexibility index (Phi) is 4.78. The molecule has 0 fully saturated rings. The maximum Gasteiger partial charge on any atom is 0.573 e. The van der Waals surface area contributed by atoms with Crippen molar-refractivity contribution in [3.05, 3.63) is 48.0 Å². The van der Waals surface area contributed by atoms with Gasteiger partial charge in [-0.3, -0.25) is 0 Å². The van der Waals surface area contributed by atoms with Gasteiger partial charge in [-0.1, -0.05) is 24.3 Å². The minimum Gasteiger partial charge on any atom is -0.507 e. The molecule has 1 N–H and O–H groups in total. The van der Waals surface area contributed by atoms with E-state index < -0.39 is 18.1 Å². The topological polar surface area (TPSA) is 55.8 Å². The van der Waals surface area contributed by atoms with E-state index in [4.69, 9.17) is 4.74 Å². The van der Waals surface area contributed by atoms with Crippen LogP contribution >= 0.6 is 0 Å². The second-order valence-corrected chi connectivity index (χ2v) is 4.50. The van der Waals surface area contributed by atoms with Gasteiger partial charge in [0.05, 0.1) is 6.61 Å². The molecule has 0 aromatic heterocycles. The SMILES string of the molecule is CCOC(=O)c1ccc(-c2ccccc2OC(F)(F)F)cc1O. The Morgan fingerprint density at radius 1 is 1.17 bits per heavy atom. The zero-order valence-corrected chi connectivity index (χ0v) is 12.1. The highest BCUT2D eigenvalue weighted by molar-refractivity contribution is 5.93. The van der Waals surface area contributed by atoms with Crippen LogP contribution in [0.25, 0.3) is 11.1 Å². The number of rotatable bonds is 4. The van der Waals surface area contributed by atoms with Crippen LogP contribution in [0.1, 0.15) is 17.3 Å². The first-order valence-corrected chi connectivity index (χ1v) is 6.67. The van der Waals surface area contributed by atoms with Gasteiger partial charge in [0.1, 0.15) is 17.1 Å². The van der Waals surface area contributed by atoms with Crippen molar-refractivity contribution in [1.29, 1.82) is 0 Å². The number of benzene rings is 2. The minimum atomic E-state index is -4.83. The smallest absolute Gasteiger partial charge is 0.507 e. The van der Waals surface area contributed by atoms with Crippen LogP contribution in [0.15, 0.2) is 42.5 Å². The van der Waals surface area contributed by atoms with E-state index in [0.717, 1.165) is 0 Å². The van der Waals surface area contributed by atoms with Crippen LogP contribution in [0.4, 0.5) is 13.2 Å². The second-order valence-electron chi connectivity index (χ2n) is 4.50. The number of ether oxygens (including phenoxy) is 2. The predicted octanol–water partition coefficient (Wildman–Crippen LogP) is 4.13. The minimum absolute atomic E-state index is 0.0650. The van der Waals surface area contributed by atoms with Crippen molar-refractivity contribution in [3.63, 3.8) is 0 Å². The first kappa shape index (κ1) is 16.7. The molecule has 0 aliphatic rings. The molecule has 0 heterocycles. The van der Waals surface area contributed by atoms with Crippen molar-refractivity contribution in [2.75, 3.05) is 6.61 Å². The molecule has 2 rings (SSSR count). The lowest BCUT2D eigenvalue weighted by Gasteiger charge is -2.14. The highest BCUT2D eigenvalue weighted by atomic mass is 19.4. The number of aromatic hydroxyl groups is 1. The highest BCUT2D eigenvalue weighted by Gasteiger charge is 2.32. The zero-order chi connectivity index (χ0) is 17.0. The van der Waals surface area contributed by atoms with Gasteiger partial charge in [0.25, 0.3) is 0 Å². The van der Waals surface area contributed by atoms with E-state index in [1.54, 1.807) is 6.92 Å². The fourth-order valence-electron chi connectivity index (χ4n) is 2.00. The number of carbonyl (C=O) groups excluding carboxylic acids is 1. The van der Waals surface area contributed by atoms with E-state index in [2.05, 4.69) is 4.74 Å². The number of phenolic OH excluding ortho intramolecular Hbond substituents is 1. The van der Waals surface area contributed by atoms with Crippen molar-refractivity contribution in [2.24, 2.45) is 0 Å². The third-order valence-corrected chi connectivity index (χ3v) is 2.92. The molecule has 0 saturated heterocycles. The molecule has 0 unspecified atom stereocenters. The van der Waals surface area contributed by atoms with Gasteiger partial charge in [0.2, 0.25) is 0 Å². The molecule has 7 heteroatoms. The lowest BCUT2D eigenvalue weighted by Crippen LogP contribution is -2.17. The zero-order valence-electron chi connectivity index (χ0n) is 12.1. The molecule has 122 valence electrons. The maximum absolute atomic E-state index is 12.4. The van der Waals surface area contributed by atoms with E-state index in [1.165, 1.54) is 42.5 Å². The summed E-state index contributed by atoms with van der Waals surface area (Å²) in [6.07, 6.45) is -4.83. The van der Waals surface area contributed by atoms with Gasteiger partial charge in [-0.25, -0.2) is 4.79 Å². The molecule has 2 aromatic rings. The number of esters is 1. The van der Waals surface area contributed by atoms with Crippen LogP contribution in [0.2, 0.25) is 0 Å². The number of phenols is 1. The predicted molar refractivity (Wildman–Crippen MR) is 76.2 cm³/mol. The van der Waals surface area contributed by atoms with Crippen LogP contribution in [-0.4, -0.2) is 24.0 Å². The molecule has 0 aliphatic carbocycles. The van der Waals surface area contributed by atoms with Crippen molar-refractivity contribution >= 4 is 5.97 Å². The lowest BCUT2D eigenvalue weighted by molar-refractivity contribution is -0.274. The van der Waals surface area contributed by atoms with E-state index >= 15 is 0 Å². The van der Waals surface area contributed by atoms with Crippen LogP contribution < -0.4 is 4.74 Å². The summed E-state index contributed by atoms with van der Waals surface area (Å²) in [5.41, 5.74) is 0.343. The van der Waals surface area contributed by atoms with Crippen LogP contribution in [-0.2, 0) is 4.74 Å². The molecule has 0 amide bonds. The Morgan fingerprint density at radius 3 is 2.48 bits per heavy atom. The summed E-state index contributed by atoms with van der Waals surface area (Å²) in [5.74, 6) is -1.50. The summed E-state index contributed by atoms with van der Waals surface area (Å²) in [4.78, 5) is 11.6. The molecule has 0 atom stereocenters. The average Bonchev–Trinajstić information content (AvgIpc) is 2.46. The highest BCUT2D eigenvalue weighted by Crippen LogP contribution is 2.35. The third-order valence-electron chi connectivity index (χ3n) is 2.92. The Labute approximate surface area is 130 Å². The summed E-state index contributed by atoms with van der Waals surface area (Å²) in [6.45, 7) is 1.76. The van der Waals surface area contributed by atoms with Crippen molar-refractivity contribution in [2.45, 2.75) is 13.3 Å². The first-order chi connectivity index (χ1) is 10.8. The summed E-state index contributed by atoms with van der Waals surface area (Å²) in [6, 6.07) is 9.40. The van der Waals surface area contributed by atoms with E-state index in [0.29, 0.717) is 0 Å². The quantitative estimate of drug-likeness (QED) is 0.858. The average molecular weight is 326 g/mol. The summed E-state index contributed by atoms with van der Waals surface area (Å²) in [7, 11) is 0. The molecule has 23 heavy (non-hydrogen) atoms. The van der Waals surface area contributed by atoms with Gasteiger partial charge in [-0.15, -0.1) is 13.2 Å². The monoisotopic (exact) mass is 326 g/mol. The summed E-state index contributed by atoms with van der Waals surface area (Å²) >= 11 is 0. The number of halogens is 3. The Morgan fingerprint density at radius 2 is 1.87 bits per heavy atom. The third kappa shape index (κ3) is 4.15. The van der Waals surface area contributed by atoms with E-state index in [9.17, 15) is 23.1 Å². The van der Waals surface area contributed by atoms with Crippen LogP contribution in [0.5, 0.6) is 11.5 Å². The van der Waals surface area contributed by atoms with Crippen molar-refractivity contribution < 1.29 is 32.5 Å². The van der Waals surface area contributed by atoms with Gasteiger partial charge < -0.3 is 14.6 Å². The fourth-order valence-corrected chi connectivity index (χ4v) is 2.00. The summed E-state index contributed by atoms with van der Waals surface area (Å²) < 4.78 is 46.1. The number of hydrogen-bond acceptors (Lipinski definition) is 4. The van der Waals surface area contributed by atoms with E-state index in [1.807, 2.05) is 0 Å². The van der Waals surface area contributed by atoms with Crippen LogP contribution in [0, 0.1) is 0 Å². The number of alkyl halides is 3. The van der Waals surface area contributed by atoms with Gasteiger partial charge in [0.15, 0.2) is 0 Å². The normalized spacial score (nSPS) is 11.1.